The molecule has 0 heterocycles. The van der Waals surface area contributed by atoms with Gasteiger partial charge in [-0.25, -0.2) is 4.79 Å². The first-order valence-electron chi connectivity index (χ1n) is 7.42. The number of aliphatic hydroxyl groups excluding tert-OH is 1. The fourth-order valence-corrected chi connectivity index (χ4v) is 3.10. The molecule has 114 valence electrons. The van der Waals surface area contributed by atoms with Crippen LogP contribution in [-0.2, 0) is 26.0 Å². The van der Waals surface area contributed by atoms with Crippen molar-refractivity contribution in [2.75, 3.05) is 0 Å². The van der Waals surface area contributed by atoms with Gasteiger partial charge < -0.3 is 15.1 Å². The van der Waals surface area contributed by atoms with E-state index in [1.165, 1.54) is 10.5 Å². The summed E-state index contributed by atoms with van der Waals surface area (Å²) in [6.07, 6.45) is 0.562. The van der Waals surface area contributed by atoms with Gasteiger partial charge in [0.05, 0.1) is 6.61 Å². The van der Waals surface area contributed by atoms with E-state index < -0.39 is 6.09 Å². The Hall–Kier alpha value is -2.33. The minimum absolute atomic E-state index is 0.0185. The molecule has 1 amide bonds. The molecule has 22 heavy (non-hydrogen) atoms. The maximum absolute atomic E-state index is 11.7. The summed E-state index contributed by atoms with van der Waals surface area (Å²) in [5.74, 6) is 0. The molecule has 0 saturated heterocycles. The highest BCUT2D eigenvalue weighted by Gasteiger charge is 2.30. The Morgan fingerprint density at radius 2 is 1.77 bits per heavy atom. The van der Waals surface area contributed by atoms with Crippen LogP contribution >= 0.6 is 0 Å². The van der Waals surface area contributed by atoms with Crippen molar-refractivity contribution in [1.29, 1.82) is 0 Å². The number of benzene rings is 2. The molecule has 0 bridgehead atoms. The number of carbonyl (C=O) groups is 1. The van der Waals surface area contributed by atoms with Gasteiger partial charge in [-0.15, -0.1) is 0 Å². The zero-order valence-electron chi connectivity index (χ0n) is 12.3. The summed E-state index contributed by atoms with van der Waals surface area (Å²) >= 11 is 0. The normalized spacial score (nSPS) is 16.3. The van der Waals surface area contributed by atoms with E-state index in [0.29, 0.717) is 13.0 Å². The van der Waals surface area contributed by atoms with Gasteiger partial charge in [0.2, 0.25) is 0 Å². The second-order valence-electron chi connectivity index (χ2n) is 5.72. The number of carboxylic acid groups (broad SMARTS) is 1. The van der Waals surface area contributed by atoms with Gasteiger partial charge in [0.1, 0.15) is 0 Å². The van der Waals surface area contributed by atoms with Gasteiger partial charge in [0, 0.05) is 12.6 Å². The van der Waals surface area contributed by atoms with Gasteiger partial charge in [0.15, 0.2) is 0 Å². The van der Waals surface area contributed by atoms with Crippen LogP contribution in [0, 0.1) is 0 Å². The monoisotopic (exact) mass is 297 g/mol. The molecule has 0 aromatic heterocycles. The topological polar surface area (TPSA) is 60.8 Å². The number of fused-ring (bicyclic) bond motifs is 1. The summed E-state index contributed by atoms with van der Waals surface area (Å²) in [4.78, 5) is 13.2. The molecule has 0 aliphatic heterocycles. The number of hydrogen-bond acceptors (Lipinski definition) is 2. The van der Waals surface area contributed by atoms with Crippen molar-refractivity contribution in [3.63, 3.8) is 0 Å². The van der Waals surface area contributed by atoms with E-state index in [1.807, 2.05) is 48.5 Å². The molecule has 1 unspecified atom stereocenters. The molecule has 2 aromatic rings. The zero-order valence-corrected chi connectivity index (χ0v) is 12.3. The van der Waals surface area contributed by atoms with Crippen LogP contribution in [0.1, 0.15) is 22.3 Å². The van der Waals surface area contributed by atoms with Crippen LogP contribution in [0.25, 0.3) is 0 Å². The summed E-state index contributed by atoms with van der Waals surface area (Å²) in [5.41, 5.74) is 4.21. The first-order chi connectivity index (χ1) is 10.7. The summed E-state index contributed by atoms with van der Waals surface area (Å²) in [6.45, 7) is 0.423. The maximum Gasteiger partial charge on any atom is 0.407 e. The highest BCUT2D eigenvalue weighted by atomic mass is 16.4. The van der Waals surface area contributed by atoms with Crippen molar-refractivity contribution >= 4 is 6.09 Å². The Labute approximate surface area is 129 Å². The van der Waals surface area contributed by atoms with Gasteiger partial charge in [-0.1, -0.05) is 48.5 Å². The first kappa shape index (κ1) is 14.6. The molecular formula is C18H19NO3. The molecular weight excluding hydrogens is 278 g/mol. The third kappa shape index (κ3) is 2.97. The number of nitrogens with zero attached hydrogens (tertiary/aromatic N) is 1. The van der Waals surface area contributed by atoms with E-state index in [0.717, 1.165) is 23.1 Å². The number of hydrogen-bond donors (Lipinski definition) is 2. The number of rotatable bonds is 4. The van der Waals surface area contributed by atoms with Gasteiger partial charge in [0.25, 0.3) is 0 Å². The van der Waals surface area contributed by atoms with Gasteiger partial charge in [-0.2, -0.15) is 0 Å². The third-order valence-corrected chi connectivity index (χ3v) is 4.25. The van der Waals surface area contributed by atoms with Gasteiger partial charge in [-0.05, 0) is 35.1 Å². The van der Waals surface area contributed by atoms with Crippen LogP contribution in [0.2, 0.25) is 0 Å². The van der Waals surface area contributed by atoms with Crippen LogP contribution < -0.4 is 0 Å². The summed E-state index contributed by atoms with van der Waals surface area (Å²) < 4.78 is 0. The van der Waals surface area contributed by atoms with Gasteiger partial charge >= 0.3 is 6.09 Å². The molecule has 1 aliphatic carbocycles. The van der Waals surface area contributed by atoms with Crippen LogP contribution in [0.15, 0.2) is 48.5 Å². The Morgan fingerprint density at radius 1 is 1.05 bits per heavy atom. The third-order valence-electron chi connectivity index (χ3n) is 4.25. The van der Waals surface area contributed by atoms with Crippen molar-refractivity contribution < 1.29 is 15.0 Å². The molecule has 2 aromatic carbocycles. The number of aliphatic hydroxyl groups is 1. The van der Waals surface area contributed by atoms with Crippen LogP contribution in [-0.4, -0.2) is 27.2 Å². The average molecular weight is 297 g/mol. The Bertz CT molecular complexity index is 669. The fourth-order valence-electron chi connectivity index (χ4n) is 3.10. The van der Waals surface area contributed by atoms with E-state index >= 15 is 0 Å². The molecule has 1 aliphatic rings. The second kappa shape index (κ2) is 6.20. The Balaban J connectivity index is 1.78. The van der Waals surface area contributed by atoms with Crippen molar-refractivity contribution in [2.45, 2.75) is 32.0 Å². The Morgan fingerprint density at radius 3 is 2.45 bits per heavy atom. The molecule has 0 saturated carbocycles. The fraction of sp³-hybridized carbons (Fsp3) is 0.278. The van der Waals surface area contributed by atoms with Crippen molar-refractivity contribution in [3.05, 3.63) is 70.8 Å². The molecule has 2 N–H and O–H groups in total. The lowest BCUT2D eigenvalue weighted by atomic mass is 10.1. The van der Waals surface area contributed by atoms with E-state index in [9.17, 15) is 15.0 Å². The van der Waals surface area contributed by atoms with Crippen molar-refractivity contribution in [2.24, 2.45) is 0 Å². The Kier molecular flexibility index (Phi) is 4.11. The van der Waals surface area contributed by atoms with Crippen LogP contribution in [0.5, 0.6) is 0 Å². The highest BCUT2D eigenvalue weighted by Crippen LogP contribution is 2.27. The van der Waals surface area contributed by atoms with Gasteiger partial charge in [-0.3, -0.25) is 0 Å². The van der Waals surface area contributed by atoms with Crippen LogP contribution in [0.3, 0.4) is 0 Å². The lowest BCUT2D eigenvalue weighted by Crippen LogP contribution is -2.39. The van der Waals surface area contributed by atoms with Crippen molar-refractivity contribution in [3.8, 4) is 0 Å². The molecule has 0 fully saturated rings. The standard InChI is InChI=1S/C18H19NO3/c20-12-14-6-7-15-9-17(10-16(15)8-14)19(18(21)22)11-13-4-2-1-3-5-13/h1-8,17,20H,9-12H2,(H,21,22). The second-order valence-corrected chi connectivity index (χ2v) is 5.72. The molecule has 3 rings (SSSR count). The molecule has 0 radical (unpaired) electrons. The average Bonchev–Trinajstić information content (AvgIpc) is 2.95. The SMILES string of the molecule is O=C(O)N(Cc1ccccc1)C1Cc2ccc(CO)cc2C1. The summed E-state index contributed by atoms with van der Waals surface area (Å²) in [5, 5.41) is 18.8. The summed E-state index contributed by atoms with van der Waals surface area (Å²) in [6, 6.07) is 15.5. The minimum Gasteiger partial charge on any atom is -0.465 e. The summed E-state index contributed by atoms with van der Waals surface area (Å²) in [7, 11) is 0. The maximum atomic E-state index is 11.7. The van der Waals surface area contributed by atoms with E-state index in [4.69, 9.17) is 0 Å². The minimum atomic E-state index is -0.885. The predicted octanol–water partition coefficient (Wildman–Crippen LogP) is 2.83. The first-order valence-corrected chi connectivity index (χ1v) is 7.42. The highest BCUT2D eigenvalue weighted by molar-refractivity contribution is 5.66. The van der Waals surface area contributed by atoms with Crippen LogP contribution in [0.4, 0.5) is 4.79 Å². The van der Waals surface area contributed by atoms with E-state index in [1.54, 1.807) is 0 Å². The smallest absolute Gasteiger partial charge is 0.407 e. The molecule has 0 spiro atoms. The van der Waals surface area contributed by atoms with Crippen molar-refractivity contribution in [1.82, 2.24) is 4.90 Å². The molecule has 1 atom stereocenters. The lowest BCUT2D eigenvalue weighted by Gasteiger charge is -2.26. The van der Waals surface area contributed by atoms with E-state index in [-0.39, 0.29) is 12.6 Å². The van der Waals surface area contributed by atoms with E-state index in [2.05, 4.69) is 0 Å². The zero-order chi connectivity index (χ0) is 15.5. The number of amides is 1. The lowest BCUT2D eigenvalue weighted by molar-refractivity contribution is 0.122. The molecule has 4 heteroatoms. The predicted molar refractivity (Wildman–Crippen MR) is 83.6 cm³/mol. The largest absolute Gasteiger partial charge is 0.465 e. The molecule has 4 nitrogen and oxygen atoms in total. The quantitative estimate of drug-likeness (QED) is 0.912.